The first kappa shape index (κ1) is 16.9. The van der Waals surface area contributed by atoms with Crippen molar-refractivity contribution in [1.82, 2.24) is 14.1 Å². The van der Waals surface area contributed by atoms with E-state index in [0.29, 0.717) is 25.2 Å². The van der Waals surface area contributed by atoms with Crippen LogP contribution in [0, 0.1) is 0 Å². The van der Waals surface area contributed by atoms with Crippen LogP contribution in [-0.4, -0.2) is 40.8 Å². The van der Waals surface area contributed by atoms with Crippen LogP contribution in [0.3, 0.4) is 0 Å². The Kier molecular flexibility index (Phi) is 4.56. The summed E-state index contributed by atoms with van der Waals surface area (Å²) in [5.74, 6) is 0. The lowest BCUT2D eigenvalue weighted by Crippen LogP contribution is -2.55. The molecule has 0 bridgehead atoms. The predicted molar refractivity (Wildman–Crippen MR) is 93.2 cm³/mol. The van der Waals surface area contributed by atoms with Gasteiger partial charge in [-0.05, 0) is 19.4 Å². The minimum atomic E-state index is -3.28. The van der Waals surface area contributed by atoms with Crippen molar-refractivity contribution in [2.45, 2.75) is 31.6 Å². The summed E-state index contributed by atoms with van der Waals surface area (Å²) >= 11 is 0. The molecule has 1 aromatic heterocycles. The first-order valence-corrected chi connectivity index (χ1v) is 9.58. The van der Waals surface area contributed by atoms with E-state index in [1.165, 1.54) is 15.1 Å². The summed E-state index contributed by atoms with van der Waals surface area (Å²) in [6, 6.07) is 12.6. The van der Waals surface area contributed by atoms with E-state index in [4.69, 9.17) is 0 Å². The van der Waals surface area contributed by atoms with Crippen LogP contribution < -0.4 is 5.56 Å². The summed E-state index contributed by atoms with van der Waals surface area (Å²) in [7, 11) is -3.28. The maximum absolute atomic E-state index is 12.3. The number of sulfonamides is 1. The Balaban J connectivity index is 1.82. The monoisotopic (exact) mass is 347 g/mol. The van der Waals surface area contributed by atoms with Crippen molar-refractivity contribution in [3.63, 3.8) is 0 Å². The third-order valence-corrected chi connectivity index (χ3v) is 6.88. The second kappa shape index (κ2) is 6.49. The summed E-state index contributed by atoms with van der Waals surface area (Å²) in [6.07, 6.45) is 0.575. The van der Waals surface area contributed by atoms with Gasteiger partial charge >= 0.3 is 0 Å². The number of hydrogen-bond acceptors (Lipinski definition) is 4. The third kappa shape index (κ3) is 3.01. The largest absolute Gasteiger partial charge is 0.268 e. The van der Waals surface area contributed by atoms with Gasteiger partial charge in [-0.1, -0.05) is 37.3 Å². The van der Waals surface area contributed by atoms with Crippen molar-refractivity contribution in [2.24, 2.45) is 0 Å². The van der Waals surface area contributed by atoms with Crippen LogP contribution in [0.15, 0.2) is 47.3 Å². The zero-order valence-corrected chi connectivity index (χ0v) is 14.6. The van der Waals surface area contributed by atoms with E-state index in [0.717, 1.165) is 5.56 Å². The molecule has 3 rings (SSSR count). The average molecular weight is 347 g/mol. The van der Waals surface area contributed by atoms with Crippen LogP contribution in [-0.2, 0) is 10.0 Å². The maximum Gasteiger partial charge on any atom is 0.267 e. The average Bonchev–Trinajstić information content (AvgIpc) is 2.55. The highest BCUT2D eigenvalue weighted by atomic mass is 32.2. The van der Waals surface area contributed by atoms with E-state index in [1.807, 2.05) is 37.3 Å². The van der Waals surface area contributed by atoms with Crippen molar-refractivity contribution in [2.75, 3.05) is 13.1 Å². The Morgan fingerprint density at radius 3 is 2.46 bits per heavy atom. The van der Waals surface area contributed by atoms with Crippen LogP contribution in [0.5, 0.6) is 0 Å². The molecule has 0 aliphatic carbocycles. The zero-order valence-electron chi connectivity index (χ0n) is 13.8. The molecular formula is C17H21N3O3S. The molecule has 1 aliphatic heterocycles. The molecule has 0 radical (unpaired) electrons. The predicted octanol–water partition coefficient (Wildman–Crippen LogP) is 1.90. The lowest BCUT2D eigenvalue weighted by molar-refractivity contribution is 0.184. The Morgan fingerprint density at radius 2 is 1.83 bits per heavy atom. The summed E-state index contributed by atoms with van der Waals surface area (Å²) < 4.78 is 27.5. The van der Waals surface area contributed by atoms with Gasteiger partial charge in [-0.3, -0.25) is 4.79 Å². The van der Waals surface area contributed by atoms with Crippen LogP contribution in [0.1, 0.15) is 26.3 Å². The quantitative estimate of drug-likeness (QED) is 0.828. The Morgan fingerprint density at radius 1 is 1.17 bits per heavy atom. The first-order chi connectivity index (χ1) is 11.4. The van der Waals surface area contributed by atoms with Crippen molar-refractivity contribution < 1.29 is 8.42 Å². The van der Waals surface area contributed by atoms with E-state index < -0.39 is 15.3 Å². The molecule has 2 heterocycles. The molecule has 1 aromatic carbocycles. The van der Waals surface area contributed by atoms with Gasteiger partial charge in [-0.15, -0.1) is 0 Å². The van der Waals surface area contributed by atoms with E-state index >= 15 is 0 Å². The molecule has 1 unspecified atom stereocenters. The summed E-state index contributed by atoms with van der Waals surface area (Å²) in [5, 5.41) is 4.02. The fourth-order valence-electron chi connectivity index (χ4n) is 2.69. The highest BCUT2D eigenvalue weighted by Crippen LogP contribution is 2.26. The number of rotatable bonds is 5. The lowest BCUT2D eigenvalue weighted by Gasteiger charge is -2.39. The van der Waals surface area contributed by atoms with Gasteiger partial charge in [0.1, 0.15) is 0 Å². The van der Waals surface area contributed by atoms with Gasteiger partial charge in [0.2, 0.25) is 10.0 Å². The minimum absolute atomic E-state index is 0.208. The Labute approximate surface area is 141 Å². The van der Waals surface area contributed by atoms with Gasteiger partial charge in [-0.2, -0.15) is 9.40 Å². The topological polar surface area (TPSA) is 72.3 Å². The molecule has 7 heteroatoms. The van der Waals surface area contributed by atoms with E-state index in [-0.39, 0.29) is 11.6 Å². The molecule has 1 fully saturated rings. The second-order valence-electron chi connectivity index (χ2n) is 6.10. The molecule has 24 heavy (non-hydrogen) atoms. The van der Waals surface area contributed by atoms with Gasteiger partial charge in [0.05, 0.1) is 17.0 Å². The lowest BCUT2D eigenvalue weighted by atomic mass is 10.1. The zero-order chi connectivity index (χ0) is 17.3. The van der Waals surface area contributed by atoms with Crippen LogP contribution >= 0.6 is 0 Å². The molecule has 2 aromatic rings. The van der Waals surface area contributed by atoms with Crippen molar-refractivity contribution >= 4 is 10.0 Å². The van der Waals surface area contributed by atoms with Gasteiger partial charge in [0, 0.05) is 24.7 Å². The molecule has 6 nitrogen and oxygen atoms in total. The molecule has 128 valence electrons. The minimum Gasteiger partial charge on any atom is -0.268 e. The van der Waals surface area contributed by atoms with Crippen molar-refractivity contribution in [1.29, 1.82) is 0 Å². The normalized spacial score (nSPS) is 17.4. The number of benzene rings is 1. The molecule has 0 N–H and O–H groups in total. The Hall–Kier alpha value is -1.99. The van der Waals surface area contributed by atoms with E-state index in [9.17, 15) is 13.2 Å². The van der Waals surface area contributed by atoms with Gasteiger partial charge in [0.25, 0.3) is 5.56 Å². The smallest absolute Gasteiger partial charge is 0.267 e. The molecule has 0 amide bonds. The molecule has 0 spiro atoms. The van der Waals surface area contributed by atoms with Crippen LogP contribution in [0.4, 0.5) is 0 Å². The standard InChI is InChI=1S/C17H21N3O3S/c1-3-13(2)24(22,23)19-11-15(12-19)20-17(21)10-9-16(18-20)14-7-5-4-6-8-14/h4-10,13,15H,3,11-12H2,1-2H3. The highest BCUT2D eigenvalue weighted by Gasteiger charge is 2.39. The first-order valence-electron chi connectivity index (χ1n) is 8.07. The van der Waals surface area contributed by atoms with Crippen LogP contribution in [0.25, 0.3) is 11.3 Å². The summed E-state index contributed by atoms with van der Waals surface area (Å²) in [6.45, 7) is 4.17. The molecule has 0 saturated carbocycles. The van der Waals surface area contributed by atoms with E-state index in [2.05, 4.69) is 5.10 Å². The molecule has 1 atom stereocenters. The molecule has 1 aliphatic rings. The number of nitrogens with zero attached hydrogens (tertiary/aromatic N) is 3. The maximum atomic E-state index is 12.3. The molecular weight excluding hydrogens is 326 g/mol. The summed E-state index contributed by atoms with van der Waals surface area (Å²) in [5.41, 5.74) is 1.42. The van der Waals surface area contributed by atoms with Crippen LogP contribution in [0.2, 0.25) is 0 Å². The van der Waals surface area contributed by atoms with Gasteiger partial charge < -0.3 is 0 Å². The number of hydrogen-bond donors (Lipinski definition) is 0. The second-order valence-corrected chi connectivity index (χ2v) is 8.45. The van der Waals surface area contributed by atoms with Gasteiger partial charge in [-0.25, -0.2) is 13.1 Å². The summed E-state index contributed by atoms with van der Waals surface area (Å²) in [4.78, 5) is 12.1. The van der Waals surface area contributed by atoms with Gasteiger partial charge in [0.15, 0.2) is 0 Å². The van der Waals surface area contributed by atoms with Crippen molar-refractivity contribution in [3.05, 3.63) is 52.8 Å². The fraction of sp³-hybridized carbons (Fsp3) is 0.412. The SMILES string of the molecule is CCC(C)S(=O)(=O)N1CC(n2nc(-c3ccccc3)ccc2=O)C1. The Bertz CT molecular complexity index is 871. The third-order valence-electron chi connectivity index (χ3n) is 4.51. The molecule has 1 saturated heterocycles. The highest BCUT2D eigenvalue weighted by molar-refractivity contribution is 7.89. The number of aromatic nitrogens is 2. The van der Waals surface area contributed by atoms with E-state index in [1.54, 1.807) is 13.0 Å². The fourth-order valence-corrected chi connectivity index (χ4v) is 4.38. The van der Waals surface area contributed by atoms with Crippen molar-refractivity contribution in [3.8, 4) is 11.3 Å².